The molecule has 0 saturated heterocycles. The Morgan fingerprint density at radius 3 is 2.69 bits per heavy atom. The van der Waals surface area contributed by atoms with E-state index in [0.717, 1.165) is 14.9 Å². The first-order valence-electron chi connectivity index (χ1n) is 4.76. The summed E-state index contributed by atoms with van der Waals surface area (Å²) in [6.07, 6.45) is 0. The zero-order chi connectivity index (χ0) is 12.1. The van der Waals surface area contributed by atoms with Crippen molar-refractivity contribution in [2.24, 2.45) is 0 Å². The number of carbonyl (C=O) groups excluding carboxylic acids is 1. The van der Waals surface area contributed by atoms with Crippen LogP contribution in [0.5, 0.6) is 5.75 Å². The van der Waals surface area contributed by atoms with E-state index in [-0.39, 0.29) is 6.79 Å². The van der Waals surface area contributed by atoms with Crippen molar-refractivity contribution in [3.05, 3.63) is 26.8 Å². The van der Waals surface area contributed by atoms with Crippen LogP contribution in [0, 0.1) is 10.5 Å². The van der Waals surface area contributed by atoms with Gasteiger partial charge >= 0.3 is 0 Å². The molecule has 0 aliphatic rings. The molecule has 0 radical (unpaired) electrons. The van der Waals surface area contributed by atoms with Gasteiger partial charge in [0, 0.05) is 12.2 Å². The van der Waals surface area contributed by atoms with Gasteiger partial charge in [0.15, 0.2) is 6.79 Å². The summed E-state index contributed by atoms with van der Waals surface area (Å²) in [5.41, 5.74) is 1.35. The minimum atomic E-state index is -0.461. The predicted octanol–water partition coefficient (Wildman–Crippen LogP) is 3.35. The van der Waals surface area contributed by atoms with E-state index in [1.807, 2.05) is 13.8 Å². The molecule has 0 fully saturated rings. The van der Waals surface area contributed by atoms with Gasteiger partial charge < -0.3 is 9.47 Å². The van der Waals surface area contributed by atoms with E-state index >= 15 is 0 Å². The van der Waals surface area contributed by atoms with Crippen LogP contribution in [0.1, 0.15) is 22.8 Å². The highest BCUT2D eigenvalue weighted by Gasteiger charge is 2.10. The zero-order valence-electron chi connectivity index (χ0n) is 9.05. The van der Waals surface area contributed by atoms with Gasteiger partial charge in [-0.3, -0.25) is 4.79 Å². The van der Waals surface area contributed by atoms with Gasteiger partial charge in [-0.1, -0.05) is 0 Å². The maximum atomic E-state index is 11.0. The van der Waals surface area contributed by atoms with E-state index < -0.39 is 5.24 Å². The Hall–Kier alpha value is -0.330. The molecule has 1 aromatic carbocycles. The third kappa shape index (κ3) is 3.61. The van der Waals surface area contributed by atoms with E-state index in [1.54, 1.807) is 12.1 Å². The van der Waals surface area contributed by atoms with Gasteiger partial charge in [-0.15, -0.1) is 0 Å². The van der Waals surface area contributed by atoms with Crippen molar-refractivity contribution in [1.82, 2.24) is 0 Å². The van der Waals surface area contributed by atoms with E-state index in [0.29, 0.717) is 12.2 Å². The van der Waals surface area contributed by atoms with Crippen LogP contribution in [0.2, 0.25) is 0 Å². The molecule has 16 heavy (non-hydrogen) atoms. The van der Waals surface area contributed by atoms with Crippen molar-refractivity contribution in [2.45, 2.75) is 13.8 Å². The monoisotopic (exact) mass is 354 g/mol. The molecule has 1 aromatic rings. The van der Waals surface area contributed by atoms with E-state index in [4.69, 9.17) is 21.1 Å². The number of hydrogen-bond donors (Lipinski definition) is 0. The number of hydrogen-bond acceptors (Lipinski definition) is 3. The SMILES string of the molecule is CCOCOc1c(C)cc(C(=O)Cl)cc1I. The second-order valence-corrected chi connectivity index (χ2v) is 4.64. The number of carbonyl (C=O) groups is 1. The normalized spacial score (nSPS) is 10.2. The molecule has 0 aliphatic carbocycles. The Morgan fingerprint density at radius 1 is 1.50 bits per heavy atom. The Morgan fingerprint density at radius 2 is 2.19 bits per heavy atom. The maximum absolute atomic E-state index is 11.0. The van der Waals surface area contributed by atoms with E-state index in [9.17, 15) is 4.79 Å². The Kier molecular flexibility index (Phi) is 5.51. The summed E-state index contributed by atoms with van der Waals surface area (Å²) in [7, 11) is 0. The molecule has 3 nitrogen and oxygen atoms in total. The van der Waals surface area contributed by atoms with Gasteiger partial charge in [-0.05, 0) is 65.7 Å². The first kappa shape index (κ1) is 13.7. The van der Waals surface area contributed by atoms with Crippen LogP contribution >= 0.6 is 34.2 Å². The number of halogens is 2. The van der Waals surface area contributed by atoms with Crippen LogP contribution in [0.3, 0.4) is 0 Å². The Labute approximate surface area is 113 Å². The fourth-order valence-electron chi connectivity index (χ4n) is 1.21. The maximum Gasteiger partial charge on any atom is 0.252 e. The number of ether oxygens (including phenoxy) is 2. The molecular formula is C11H12ClIO3. The van der Waals surface area contributed by atoms with E-state index in [2.05, 4.69) is 22.6 Å². The average Bonchev–Trinajstić information content (AvgIpc) is 2.21. The smallest absolute Gasteiger partial charge is 0.252 e. The molecule has 1 rings (SSSR count). The van der Waals surface area contributed by atoms with Crippen molar-refractivity contribution in [2.75, 3.05) is 13.4 Å². The van der Waals surface area contributed by atoms with Gasteiger partial charge in [0.1, 0.15) is 5.75 Å². The molecular weight excluding hydrogens is 342 g/mol. The third-order valence-corrected chi connectivity index (χ3v) is 2.97. The summed E-state index contributed by atoms with van der Waals surface area (Å²) in [6, 6.07) is 3.41. The molecule has 5 heteroatoms. The van der Waals surface area contributed by atoms with Crippen molar-refractivity contribution in [3.8, 4) is 5.75 Å². The molecule has 88 valence electrons. The lowest BCUT2D eigenvalue weighted by Crippen LogP contribution is -2.05. The molecule has 0 bridgehead atoms. The van der Waals surface area contributed by atoms with E-state index in [1.165, 1.54) is 0 Å². The van der Waals surface area contributed by atoms with Gasteiger partial charge in [0.25, 0.3) is 5.24 Å². The minimum absolute atomic E-state index is 0.210. The molecule has 0 atom stereocenters. The molecule has 0 aliphatic heterocycles. The molecule has 0 aromatic heterocycles. The molecule has 0 unspecified atom stereocenters. The summed E-state index contributed by atoms with van der Waals surface area (Å²) in [5.74, 6) is 0.732. The van der Waals surface area contributed by atoms with Gasteiger partial charge in [-0.25, -0.2) is 0 Å². The predicted molar refractivity (Wildman–Crippen MR) is 71.2 cm³/mol. The standard InChI is InChI=1S/C11H12ClIO3/c1-3-15-6-16-10-7(2)4-8(11(12)14)5-9(10)13/h4-5H,3,6H2,1-2H3. The Bertz CT molecular complexity index is 370. The second kappa shape index (κ2) is 6.42. The second-order valence-electron chi connectivity index (χ2n) is 3.13. The molecule has 0 saturated carbocycles. The minimum Gasteiger partial charge on any atom is -0.466 e. The molecule has 0 heterocycles. The zero-order valence-corrected chi connectivity index (χ0v) is 12.0. The molecule has 0 spiro atoms. The van der Waals surface area contributed by atoms with Crippen molar-refractivity contribution >= 4 is 39.4 Å². The molecule has 0 N–H and O–H groups in total. The highest BCUT2D eigenvalue weighted by molar-refractivity contribution is 14.1. The highest BCUT2D eigenvalue weighted by atomic mass is 127. The van der Waals surface area contributed by atoms with Crippen LogP contribution in [0.25, 0.3) is 0 Å². The highest BCUT2D eigenvalue weighted by Crippen LogP contribution is 2.27. The fraction of sp³-hybridized carbons (Fsp3) is 0.364. The first-order valence-corrected chi connectivity index (χ1v) is 6.22. The number of rotatable bonds is 5. The van der Waals surface area contributed by atoms with Crippen molar-refractivity contribution in [3.63, 3.8) is 0 Å². The Balaban J connectivity index is 2.89. The lowest BCUT2D eigenvalue weighted by Gasteiger charge is -2.11. The largest absolute Gasteiger partial charge is 0.466 e. The lowest BCUT2D eigenvalue weighted by atomic mass is 10.1. The first-order chi connectivity index (χ1) is 7.56. The van der Waals surface area contributed by atoms with Gasteiger partial charge in [0.2, 0.25) is 0 Å². The summed E-state index contributed by atoms with van der Waals surface area (Å²) < 4.78 is 11.4. The third-order valence-electron chi connectivity index (χ3n) is 1.95. The van der Waals surface area contributed by atoms with Gasteiger partial charge in [0.05, 0.1) is 3.57 Å². The summed E-state index contributed by atoms with van der Waals surface area (Å²) in [5, 5.41) is -0.461. The number of benzene rings is 1. The van der Waals surface area contributed by atoms with Crippen LogP contribution in [-0.2, 0) is 4.74 Å². The van der Waals surface area contributed by atoms with Crippen LogP contribution in [0.4, 0.5) is 0 Å². The summed E-state index contributed by atoms with van der Waals surface area (Å²) in [6.45, 7) is 4.58. The van der Waals surface area contributed by atoms with Crippen molar-refractivity contribution in [1.29, 1.82) is 0 Å². The van der Waals surface area contributed by atoms with Crippen LogP contribution in [-0.4, -0.2) is 18.6 Å². The van der Waals surface area contributed by atoms with Crippen LogP contribution < -0.4 is 4.74 Å². The summed E-state index contributed by atoms with van der Waals surface area (Å²) >= 11 is 7.52. The quantitative estimate of drug-likeness (QED) is 0.352. The molecule has 0 amide bonds. The number of aryl methyl sites for hydroxylation is 1. The lowest BCUT2D eigenvalue weighted by molar-refractivity contribution is 0.0215. The van der Waals surface area contributed by atoms with Crippen LogP contribution in [0.15, 0.2) is 12.1 Å². The van der Waals surface area contributed by atoms with Crippen molar-refractivity contribution < 1.29 is 14.3 Å². The average molecular weight is 355 g/mol. The summed E-state index contributed by atoms with van der Waals surface area (Å²) in [4.78, 5) is 11.0. The topological polar surface area (TPSA) is 35.5 Å². The van der Waals surface area contributed by atoms with Gasteiger partial charge in [-0.2, -0.15) is 0 Å². The fourth-order valence-corrected chi connectivity index (χ4v) is 2.24.